The molecule has 1 unspecified atom stereocenters. The standard InChI is InChI=1S/C20H29N5O4S/c1-14(2)19(23-30(3,26)27)20-22-21-18-6-7-24(8-9-25(18)20)13-15-4-5-16-17(12-15)29-11-10-28-16/h4-5,12,14,19,23H,6-11,13H2,1-3H3. The van der Waals surface area contributed by atoms with Gasteiger partial charge in [0.1, 0.15) is 19.0 Å². The largest absolute Gasteiger partial charge is 0.486 e. The second kappa shape index (κ2) is 8.52. The molecule has 2 aromatic rings. The van der Waals surface area contributed by atoms with Crippen molar-refractivity contribution in [3.05, 3.63) is 35.4 Å². The van der Waals surface area contributed by atoms with Gasteiger partial charge in [0.05, 0.1) is 12.3 Å². The highest BCUT2D eigenvalue weighted by atomic mass is 32.2. The maximum absolute atomic E-state index is 11.8. The molecule has 0 fully saturated rings. The number of sulfonamides is 1. The molecule has 10 heteroatoms. The minimum absolute atomic E-state index is 0.0603. The van der Waals surface area contributed by atoms with Crippen LogP contribution in [-0.4, -0.2) is 60.6 Å². The molecule has 0 bridgehead atoms. The van der Waals surface area contributed by atoms with Gasteiger partial charge in [-0.3, -0.25) is 4.90 Å². The van der Waals surface area contributed by atoms with Crippen molar-refractivity contribution >= 4 is 10.0 Å². The number of hydrogen-bond donors (Lipinski definition) is 1. The molecular weight excluding hydrogens is 406 g/mol. The summed E-state index contributed by atoms with van der Waals surface area (Å²) in [6.45, 7) is 8.34. The molecule has 1 atom stereocenters. The number of ether oxygens (including phenoxy) is 2. The van der Waals surface area contributed by atoms with Gasteiger partial charge in [-0.05, 0) is 23.6 Å². The number of hydrogen-bond acceptors (Lipinski definition) is 7. The summed E-state index contributed by atoms with van der Waals surface area (Å²) in [6, 6.07) is 5.70. The number of nitrogens with zero attached hydrogens (tertiary/aromatic N) is 4. The smallest absolute Gasteiger partial charge is 0.209 e. The lowest BCUT2D eigenvalue weighted by Gasteiger charge is -2.23. The van der Waals surface area contributed by atoms with Crippen LogP contribution in [0, 0.1) is 5.92 Å². The van der Waals surface area contributed by atoms with Crippen LogP contribution in [0.15, 0.2) is 18.2 Å². The normalized spacial score (nSPS) is 18.1. The zero-order chi connectivity index (χ0) is 21.3. The number of nitrogens with one attached hydrogen (secondary N) is 1. The van der Waals surface area contributed by atoms with Gasteiger partial charge in [-0.15, -0.1) is 10.2 Å². The van der Waals surface area contributed by atoms with Crippen molar-refractivity contribution in [3.8, 4) is 11.5 Å². The van der Waals surface area contributed by atoms with Gasteiger partial charge in [0.2, 0.25) is 10.0 Å². The van der Waals surface area contributed by atoms with E-state index >= 15 is 0 Å². The average Bonchev–Trinajstić information content (AvgIpc) is 2.99. The van der Waals surface area contributed by atoms with Gasteiger partial charge in [0, 0.05) is 32.6 Å². The quantitative estimate of drug-likeness (QED) is 0.731. The molecule has 0 saturated heterocycles. The topological polar surface area (TPSA) is 98.6 Å². The third-order valence-corrected chi connectivity index (χ3v) is 6.13. The zero-order valence-corrected chi connectivity index (χ0v) is 18.5. The first kappa shape index (κ1) is 21.1. The number of rotatable bonds is 6. The van der Waals surface area contributed by atoms with Crippen LogP contribution in [0.3, 0.4) is 0 Å². The van der Waals surface area contributed by atoms with Crippen molar-refractivity contribution in [2.75, 3.05) is 32.6 Å². The molecule has 4 rings (SSSR count). The van der Waals surface area contributed by atoms with E-state index in [1.165, 1.54) is 11.8 Å². The number of benzene rings is 1. The summed E-state index contributed by atoms with van der Waals surface area (Å²) >= 11 is 0. The van der Waals surface area contributed by atoms with Crippen LogP contribution in [-0.2, 0) is 29.5 Å². The van der Waals surface area contributed by atoms with Crippen molar-refractivity contribution in [3.63, 3.8) is 0 Å². The van der Waals surface area contributed by atoms with E-state index in [4.69, 9.17) is 9.47 Å². The van der Waals surface area contributed by atoms with Crippen molar-refractivity contribution in [1.29, 1.82) is 0 Å². The summed E-state index contributed by atoms with van der Waals surface area (Å²) in [7, 11) is -3.35. The fraction of sp³-hybridized carbons (Fsp3) is 0.600. The zero-order valence-electron chi connectivity index (χ0n) is 17.7. The van der Waals surface area contributed by atoms with Gasteiger partial charge in [0.25, 0.3) is 0 Å². The monoisotopic (exact) mass is 435 g/mol. The molecule has 0 aliphatic carbocycles. The molecule has 1 aromatic carbocycles. The lowest BCUT2D eigenvalue weighted by Crippen LogP contribution is -2.33. The third kappa shape index (κ3) is 4.76. The van der Waals surface area contributed by atoms with E-state index in [0.29, 0.717) is 19.0 Å². The molecule has 2 aliphatic rings. The Morgan fingerprint density at radius 1 is 1.10 bits per heavy atom. The molecule has 9 nitrogen and oxygen atoms in total. The van der Waals surface area contributed by atoms with Crippen LogP contribution in [0.1, 0.15) is 37.1 Å². The summed E-state index contributed by atoms with van der Waals surface area (Å²) in [4.78, 5) is 2.37. The van der Waals surface area contributed by atoms with Crippen molar-refractivity contribution in [2.24, 2.45) is 5.92 Å². The highest BCUT2D eigenvalue weighted by Gasteiger charge is 2.28. The molecule has 0 saturated carbocycles. The number of aromatic nitrogens is 3. The first-order valence-electron chi connectivity index (χ1n) is 10.3. The highest BCUT2D eigenvalue weighted by molar-refractivity contribution is 7.88. The van der Waals surface area contributed by atoms with E-state index in [0.717, 1.165) is 49.9 Å². The van der Waals surface area contributed by atoms with Crippen molar-refractivity contribution in [1.82, 2.24) is 24.4 Å². The molecule has 0 spiro atoms. The lowest BCUT2D eigenvalue weighted by atomic mass is 10.1. The molecule has 3 heterocycles. The first-order valence-corrected chi connectivity index (χ1v) is 12.2. The maximum Gasteiger partial charge on any atom is 0.209 e. The molecule has 1 N–H and O–H groups in total. The Morgan fingerprint density at radius 3 is 2.60 bits per heavy atom. The molecular formula is C20H29N5O4S. The van der Waals surface area contributed by atoms with E-state index in [9.17, 15) is 8.42 Å². The predicted molar refractivity (Wildman–Crippen MR) is 112 cm³/mol. The molecule has 0 amide bonds. The Labute approximate surface area is 177 Å². The molecule has 2 aliphatic heterocycles. The summed E-state index contributed by atoms with van der Waals surface area (Å²) in [5, 5.41) is 8.70. The Bertz CT molecular complexity index is 1000. The Hall–Kier alpha value is -2.17. The van der Waals surface area contributed by atoms with Crippen molar-refractivity contribution < 1.29 is 17.9 Å². The van der Waals surface area contributed by atoms with Crippen LogP contribution in [0.4, 0.5) is 0 Å². The summed E-state index contributed by atoms with van der Waals surface area (Å²) < 4.78 is 39.8. The van der Waals surface area contributed by atoms with Gasteiger partial charge < -0.3 is 14.0 Å². The van der Waals surface area contributed by atoms with Crippen LogP contribution in [0.2, 0.25) is 0 Å². The highest BCUT2D eigenvalue weighted by Crippen LogP contribution is 2.31. The fourth-order valence-corrected chi connectivity index (χ4v) is 4.78. The fourth-order valence-electron chi connectivity index (χ4n) is 3.94. The third-order valence-electron chi connectivity index (χ3n) is 5.45. The minimum atomic E-state index is -3.35. The Morgan fingerprint density at radius 2 is 1.87 bits per heavy atom. The van der Waals surface area contributed by atoms with Gasteiger partial charge >= 0.3 is 0 Å². The van der Waals surface area contributed by atoms with E-state index in [1.807, 2.05) is 19.9 Å². The number of fused-ring (bicyclic) bond motifs is 2. The molecule has 164 valence electrons. The van der Waals surface area contributed by atoms with Gasteiger partial charge in [-0.1, -0.05) is 19.9 Å². The van der Waals surface area contributed by atoms with Gasteiger partial charge in [0.15, 0.2) is 17.3 Å². The second-order valence-electron chi connectivity index (χ2n) is 8.24. The predicted octanol–water partition coefficient (Wildman–Crippen LogP) is 1.35. The summed E-state index contributed by atoms with van der Waals surface area (Å²) in [5.41, 5.74) is 1.18. The minimum Gasteiger partial charge on any atom is -0.486 e. The van der Waals surface area contributed by atoms with E-state index < -0.39 is 16.1 Å². The SMILES string of the molecule is CC(C)C(NS(C)(=O)=O)c1nnc2n1CCN(Cc1ccc3c(c1)OCCO3)CC2. The Balaban J connectivity index is 1.47. The van der Waals surface area contributed by atoms with Crippen LogP contribution in [0.5, 0.6) is 11.5 Å². The van der Waals surface area contributed by atoms with E-state index in [1.54, 1.807) is 0 Å². The molecule has 1 aromatic heterocycles. The van der Waals surface area contributed by atoms with E-state index in [-0.39, 0.29) is 5.92 Å². The molecule has 30 heavy (non-hydrogen) atoms. The van der Waals surface area contributed by atoms with Crippen LogP contribution >= 0.6 is 0 Å². The second-order valence-corrected chi connectivity index (χ2v) is 10.0. The summed E-state index contributed by atoms with van der Waals surface area (Å²) in [5.74, 6) is 3.25. The lowest BCUT2D eigenvalue weighted by molar-refractivity contribution is 0.171. The van der Waals surface area contributed by atoms with Crippen molar-refractivity contribution in [2.45, 2.75) is 39.4 Å². The van der Waals surface area contributed by atoms with Crippen LogP contribution < -0.4 is 14.2 Å². The molecule has 0 radical (unpaired) electrons. The van der Waals surface area contributed by atoms with E-state index in [2.05, 4.69) is 36.5 Å². The van der Waals surface area contributed by atoms with Crippen LogP contribution in [0.25, 0.3) is 0 Å². The first-order chi connectivity index (χ1) is 14.3. The summed E-state index contributed by atoms with van der Waals surface area (Å²) in [6.07, 6.45) is 1.94. The Kier molecular flexibility index (Phi) is 5.99. The van der Waals surface area contributed by atoms with Gasteiger partial charge in [-0.25, -0.2) is 13.1 Å². The maximum atomic E-state index is 11.8. The average molecular weight is 436 g/mol. The van der Waals surface area contributed by atoms with Gasteiger partial charge in [-0.2, -0.15) is 0 Å².